The molecule has 0 unspecified atom stereocenters. The summed E-state index contributed by atoms with van der Waals surface area (Å²) in [7, 11) is 0. The Labute approximate surface area is 123 Å². The molecule has 1 aromatic carbocycles. The van der Waals surface area contributed by atoms with E-state index in [9.17, 15) is 0 Å². The summed E-state index contributed by atoms with van der Waals surface area (Å²) >= 11 is 1.63. The highest BCUT2D eigenvalue weighted by Crippen LogP contribution is 2.16. The van der Waals surface area contributed by atoms with Crippen molar-refractivity contribution in [1.82, 2.24) is 4.40 Å². The highest BCUT2D eigenvalue weighted by molar-refractivity contribution is 7.17. The van der Waals surface area contributed by atoms with Crippen molar-refractivity contribution in [2.24, 2.45) is 0 Å². The van der Waals surface area contributed by atoms with Gasteiger partial charge in [-0.3, -0.25) is 0 Å². The lowest BCUT2D eigenvalue weighted by Crippen LogP contribution is -2.28. The van der Waals surface area contributed by atoms with Crippen LogP contribution in [0.25, 0.3) is 4.83 Å². The number of hydrogen-bond acceptors (Lipinski definition) is 2. The third-order valence-electron chi connectivity index (χ3n) is 3.09. The zero-order valence-corrected chi connectivity index (χ0v) is 12.8. The number of aryl methyl sites for hydroxylation is 2. The van der Waals surface area contributed by atoms with E-state index < -0.39 is 0 Å². The van der Waals surface area contributed by atoms with E-state index in [2.05, 4.69) is 48.9 Å². The number of rotatable bonds is 3. The molecule has 0 aliphatic rings. The van der Waals surface area contributed by atoms with E-state index in [0.717, 1.165) is 17.8 Å². The summed E-state index contributed by atoms with van der Waals surface area (Å²) in [5.74, 6) is 0. The van der Waals surface area contributed by atoms with Gasteiger partial charge in [-0.2, -0.15) is 4.40 Å². The predicted molar refractivity (Wildman–Crippen MR) is 82.9 cm³/mol. The van der Waals surface area contributed by atoms with Crippen molar-refractivity contribution in [1.29, 1.82) is 0 Å². The molecule has 4 heteroatoms. The fourth-order valence-electron chi connectivity index (χ4n) is 1.91. The monoisotopic (exact) mass is 289 g/mol. The lowest BCUT2D eigenvalue weighted by Gasteiger charge is -1.89. The highest BCUT2D eigenvalue weighted by Gasteiger charge is 2.09. The molecule has 3 rings (SSSR count). The van der Waals surface area contributed by atoms with Gasteiger partial charge >= 0.3 is 0 Å². The van der Waals surface area contributed by atoms with Gasteiger partial charge < -0.3 is 5.11 Å². The van der Waals surface area contributed by atoms with Crippen LogP contribution in [0.15, 0.2) is 49.1 Å². The van der Waals surface area contributed by atoms with Crippen LogP contribution in [0.4, 0.5) is 0 Å². The number of thiazole rings is 1. The number of fused-ring (bicyclic) bond motifs is 1. The van der Waals surface area contributed by atoms with Crippen molar-refractivity contribution >= 4 is 16.2 Å². The van der Waals surface area contributed by atoms with Crippen LogP contribution >= 0.6 is 11.3 Å². The Kier molecular flexibility index (Phi) is 5.32. The quantitative estimate of drug-likeness (QED) is 0.738. The molecule has 0 saturated heterocycles. The first-order valence-electron chi connectivity index (χ1n) is 6.91. The molecule has 0 fully saturated rings. The molecule has 0 aliphatic heterocycles. The van der Waals surface area contributed by atoms with Gasteiger partial charge in [-0.1, -0.05) is 48.6 Å². The van der Waals surface area contributed by atoms with Gasteiger partial charge in [-0.15, -0.1) is 0 Å². The maximum Gasteiger partial charge on any atom is 0.249 e. The SMILES string of the molecule is CC[n+]1cc2sc(CO)cn2c1.CCc1ccccc1. The molecule has 2 aromatic heterocycles. The molecule has 3 aromatic rings. The second kappa shape index (κ2) is 7.22. The van der Waals surface area contributed by atoms with Gasteiger partial charge in [-0.25, -0.2) is 4.57 Å². The summed E-state index contributed by atoms with van der Waals surface area (Å²) in [6.45, 7) is 5.40. The minimum atomic E-state index is 0.137. The maximum atomic E-state index is 8.87. The molecule has 0 bridgehead atoms. The van der Waals surface area contributed by atoms with E-state index in [0.29, 0.717) is 0 Å². The van der Waals surface area contributed by atoms with Gasteiger partial charge in [0.15, 0.2) is 0 Å². The smallest absolute Gasteiger partial charge is 0.249 e. The molecular formula is C16H21N2OS+. The van der Waals surface area contributed by atoms with Crippen LogP contribution in [0.5, 0.6) is 0 Å². The number of imidazole rings is 1. The third-order valence-corrected chi connectivity index (χ3v) is 4.12. The number of nitrogens with zero attached hydrogens (tertiary/aromatic N) is 2. The fraction of sp³-hybridized carbons (Fsp3) is 0.312. The molecule has 2 heterocycles. The Morgan fingerprint density at radius 1 is 1.20 bits per heavy atom. The Morgan fingerprint density at radius 3 is 2.45 bits per heavy atom. The fourth-order valence-corrected chi connectivity index (χ4v) is 2.80. The summed E-state index contributed by atoms with van der Waals surface area (Å²) in [6.07, 6.45) is 7.22. The van der Waals surface area contributed by atoms with Crippen molar-refractivity contribution in [3.8, 4) is 0 Å². The molecule has 106 valence electrons. The third kappa shape index (κ3) is 3.68. The van der Waals surface area contributed by atoms with Gasteiger partial charge in [0, 0.05) is 0 Å². The molecule has 0 saturated carbocycles. The Bertz CT molecular complexity index is 578. The molecule has 1 N–H and O–H groups in total. The average Bonchev–Trinajstić information content (AvgIpc) is 3.06. The molecule has 3 nitrogen and oxygen atoms in total. The largest absolute Gasteiger partial charge is 0.391 e. The van der Waals surface area contributed by atoms with Gasteiger partial charge in [0.2, 0.25) is 11.2 Å². The van der Waals surface area contributed by atoms with E-state index in [4.69, 9.17) is 5.11 Å². The molecule has 20 heavy (non-hydrogen) atoms. The van der Waals surface area contributed by atoms with Gasteiger partial charge in [-0.05, 0) is 18.9 Å². The molecule has 0 atom stereocenters. The second-order valence-corrected chi connectivity index (χ2v) is 5.66. The first kappa shape index (κ1) is 14.8. The Balaban J connectivity index is 0.000000160. The minimum absolute atomic E-state index is 0.137. The van der Waals surface area contributed by atoms with Crippen LogP contribution in [-0.2, 0) is 19.6 Å². The maximum absolute atomic E-state index is 8.87. The lowest BCUT2D eigenvalue weighted by molar-refractivity contribution is -0.692. The normalized spacial score (nSPS) is 10.3. The Morgan fingerprint density at radius 2 is 1.95 bits per heavy atom. The first-order chi connectivity index (χ1) is 9.76. The van der Waals surface area contributed by atoms with Crippen molar-refractivity contribution in [3.63, 3.8) is 0 Å². The summed E-state index contributed by atoms with van der Waals surface area (Å²) in [4.78, 5) is 2.19. The van der Waals surface area contributed by atoms with Gasteiger partial charge in [0.1, 0.15) is 12.4 Å². The molecular weight excluding hydrogens is 268 g/mol. The van der Waals surface area contributed by atoms with Crippen LogP contribution in [0.3, 0.4) is 0 Å². The van der Waals surface area contributed by atoms with Crippen molar-refractivity contribution < 1.29 is 9.67 Å². The molecule has 0 spiro atoms. The molecule has 0 aliphatic carbocycles. The summed E-state index contributed by atoms with van der Waals surface area (Å²) in [5, 5.41) is 8.87. The summed E-state index contributed by atoms with van der Waals surface area (Å²) in [5.41, 5.74) is 1.41. The van der Waals surface area contributed by atoms with E-state index in [1.807, 2.05) is 23.0 Å². The zero-order chi connectivity index (χ0) is 14.4. The zero-order valence-electron chi connectivity index (χ0n) is 12.0. The van der Waals surface area contributed by atoms with Crippen molar-refractivity contribution in [2.75, 3.05) is 0 Å². The van der Waals surface area contributed by atoms with E-state index in [1.54, 1.807) is 11.3 Å². The van der Waals surface area contributed by atoms with Crippen LogP contribution in [0.1, 0.15) is 24.3 Å². The van der Waals surface area contributed by atoms with E-state index in [-0.39, 0.29) is 6.61 Å². The van der Waals surface area contributed by atoms with Crippen LogP contribution < -0.4 is 4.57 Å². The average molecular weight is 289 g/mol. The van der Waals surface area contributed by atoms with E-state index in [1.165, 1.54) is 10.4 Å². The summed E-state index contributed by atoms with van der Waals surface area (Å²) in [6, 6.07) is 10.5. The number of benzene rings is 1. The highest BCUT2D eigenvalue weighted by atomic mass is 32.1. The standard InChI is InChI=1S/C8H11N2OS.C8H10/c1-2-9-4-8-10(6-9)3-7(5-11)12-8;1-2-8-6-4-3-5-7-8/h3-4,6,11H,2,5H2,1H3;3-7H,2H2,1H3/q+1;. The number of aliphatic hydroxyl groups excluding tert-OH is 1. The Hall–Kier alpha value is -1.65. The van der Waals surface area contributed by atoms with Crippen LogP contribution in [-0.4, -0.2) is 9.51 Å². The minimum Gasteiger partial charge on any atom is -0.391 e. The number of aliphatic hydroxyl groups is 1. The number of hydrogen-bond donors (Lipinski definition) is 1. The lowest BCUT2D eigenvalue weighted by atomic mass is 10.2. The first-order valence-corrected chi connectivity index (χ1v) is 7.72. The van der Waals surface area contributed by atoms with Gasteiger partial charge in [0.25, 0.3) is 0 Å². The molecule has 0 amide bonds. The van der Waals surface area contributed by atoms with Crippen molar-refractivity contribution in [2.45, 2.75) is 33.4 Å². The number of aromatic nitrogens is 2. The molecule has 0 radical (unpaired) electrons. The van der Waals surface area contributed by atoms with Gasteiger partial charge in [0.05, 0.1) is 18.0 Å². The van der Waals surface area contributed by atoms with E-state index >= 15 is 0 Å². The van der Waals surface area contributed by atoms with Crippen molar-refractivity contribution in [3.05, 3.63) is 59.5 Å². The second-order valence-electron chi connectivity index (χ2n) is 4.52. The predicted octanol–water partition coefficient (Wildman–Crippen LogP) is 3.05. The van der Waals surface area contributed by atoms with Crippen LogP contribution in [0, 0.1) is 0 Å². The van der Waals surface area contributed by atoms with Crippen LogP contribution in [0.2, 0.25) is 0 Å². The summed E-state index contributed by atoms with van der Waals surface area (Å²) < 4.78 is 4.16. The topological polar surface area (TPSA) is 28.5 Å².